The van der Waals surface area contributed by atoms with Crippen LogP contribution in [-0.4, -0.2) is 42.9 Å². The van der Waals surface area contributed by atoms with Crippen LogP contribution < -0.4 is 11.3 Å². The van der Waals surface area contributed by atoms with Crippen LogP contribution in [-0.2, 0) is 4.74 Å². The summed E-state index contributed by atoms with van der Waals surface area (Å²) in [4.78, 5) is 1.62. The molecule has 1 aliphatic heterocycles. The van der Waals surface area contributed by atoms with Crippen molar-refractivity contribution in [2.45, 2.75) is 6.18 Å². The number of nitrogens with two attached hydrogens (primary N) is 1. The lowest BCUT2D eigenvalue weighted by molar-refractivity contribution is -0.156. The van der Waals surface area contributed by atoms with E-state index in [4.69, 9.17) is 5.84 Å². The molecule has 6 nitrogen and oxygen atoms in total. The van der Waals surface area contributed by atoms with Crippen LogP contribution in [0.3, 0.4) is 0 Å². The average molecular weight is 239 g/mol. The second kappa shape index (κ2) is 4.47. The largest absolute Gasteiger partial charge is 0.467 e. The molecule has 0 saturated heterocycles. The standard InChI is InChI=1S/C7H12F3N5O/c1-14(2)5-3-6(13-15(11)12-5)16-4-7(8,9)10/h3,12H,4,11H2,1-2H3. The summed E-state index contributed by atoms with van der Waals surface area (Å²) in [7, 11) is 3.39. The van der Waals surface area contributed by atoms with Crippen LogP contribution in [0.2, 0.25) is 0 Å². The highest BCUT2D eigenvalue weighted by atomic mass is 19.4. The molecule has 9 heteroatoms. The number of alkyl halides is 3. The fourth-order valence-corrected chi connectivity index (χ4v) is 0.882. The number of nitrogens with one attached hydrogen (secondary N) is 1. The third-order valence-electron chi connectivity index (χ3n) is 1.56. The Kier molecular flexibility index (Phi) is 3.48. The first-order valence-corrected chi connectivity index (χ1v) is 4.26. The first-order valence-electron chi connectivity index (χ1n) is 4.26. The molecular formula is C7H12F3N5O. The fraction of sp³-hybridized carbons (Fsp3) is 0.571. The van der Waals surface area contributed by atoms with Crippen molar-refractivity contribution < 1.29 is 17.9 Å². The minimum atomic E-state index is -4.40. The molecule has 16 heavy (non-hydrogen) atoms. The zero-order chi connectivity index (χ0) is 12.3. The third-order valence-corrected chi connectivity index (χ3v) is 1.56. The lowest BCUT2D eigenvalue weighted by Crippen LogP contribution is -2.46. The molecule has 0 atom stereocenters. The molecule has 0 spiro atoms. The van der Waals surface area contributed by atoms with Crippen LogP contribution in [0.4, 0.5) is 13.2 Å². The Balaban J connectivity index is 2.65. The number of ether oxygens (including phenoxy) is 1. The third kappa shape index (κ3) is 3.85. The number of hydrazine groups is 2. The van der Waals surface area contributed by atoms with E-state index in [2.05, 4.69) is 15.3 Å². The zero-order valence-electron chi connectivity index (χ0n) is 8.75. The topological polar surface area (TPSA) is 66.1 Å². The molecule has 0 fully saturated rings. The summed E-state index contributed by atoms with van der Waals surface area (Å²) in [5.41, 5.74) is 2.59. The summed E-state index contributed by atoms with van der Waals surface area (Å²) >= 11 is 0. The molecule has 0 bridgehead atoms. The Labute approximate surface area is 90.1 Å². The van der Waals surface area contributed by atoms with Gasteiger partial charge in [-0.2, -0.15) is 13.2 Å². The van der Waals surface area contributed by atoms with Gasteiger partial charge in [0.2, 0.25) is 5.90 Å². The maximum absolute atomic E-state index is 11.9. The molecule has 0 amide bonds. The maximum Gasteiger partial charge on any atom is 0.422 e. The van der Waals surface area contributed by atoms with Crippen molar-refractivity contribution in [1.82, 2.24) is 15.6 Å². The summed E-state index contributed by atoms with van der Waals surface area (Å²) in [6.45, 7) is -1.41. The predicted octanol–water partition coefficient (Wildman–Crippen LogP) is -0.0243. The van der Waals surface area contributed by atoms with Crippen molar-refractivity contribution in [2.75, 3.05) is 20.7 Å². The second-order valence-electron chi connectivity index (χ2n) is 3.22. The van der Waals surface area contributed by atoms with Gasteiger partial charge in [0.25, 0.3) is 0 Å². The summed E-state index contributed by atoms with van der Waals surface area (Å²) in [6.07, 6.45) is -3.09. The fourth-order valence-electron chi connectivity index (χ4n) is 0.882. The highest BCUT2D eigenvalue weighted by molar-refractivity contribution is 5.88. The van der Waals surface area contributed by atoms with Gasteiger partial charge in [-0.15, -0.1) is 10.3 Å². The van der Waals surface area contributed by atoms with E-state index in [9.17, 15) is 13.2 Å². The van der Waals surface area contributed by atoms with E-state index >= 15 is 0 Å². The molecular weight excluding hydrogens is 227 g/mol. The van der Waals surface area contributed by atoms with Gasteiger partial charge in [0.15, 0.2) is 6.61 Å². The van der Waals surface area contributed by atoms with E-state index in [1.165, 1.54) is 6.08 Å². The number of hydrazone groups is 1. The molecule has 0 aromatic carbocycles. The predicted molar refractivity (Wildman–Crippen MR) is 50.4 cm³/mol. The second-order valence-corrected chi connectivity index (χ2v) is 3.22. The van der Waals surface area contributed by atoms with Gasteiger partial charge < -0.3 is 9.64 Å². The Morgan fingerprint density at radius 1 is 1.56 bits per heavy atom. The van der Waals surface area contributed by atoms with Gasteiger partial charge in [0.1, 0.15) is 5.82 Å². The van der Waals surface area contributed by atoms with Crippen molar-refractivity contribution in [2.24, 2.45) is 10.9 Å². The molecule has 1 heterocycles. The lowest BCUT2D eigenvalue weighted by atomic mass is 10.5. The summed E-state index contributed by atoms with van der Waals surface area (Å²) in [5, 5.41) is 4.29. The minimum absolute atomic E-state index is 0.206. The van der Waals surface area contributed by atoms with E-state index in [0.29, 0.717) is 5.82 Å². The van der Waals surface area contributed by atoms with E-state index in [-0.39, 0.29) is 5.90 Å². The quantitative estimate of drug-likeness (QED) is 0.663. The Morgan fingerprint density at radius 2 is 2.19 bits per heavy atom. The van der Waals surface area contributed by atoms with E-state index in [1.807, 2.05) is 0 Å². The van der Waals surface area contributed by atoms with Gasteiger partial charge in [0, 0.05) is 20.2 Å². The van der Waals surface area contributed by atoms with E-state index in [1.54, 1.807) is 19.0 Å². The van der Waals surface area contributed by atoms with Gasteiger partial charge in [0.05, 0.1) is 0 Å². The smallest absolute Gasteiger partial charge is 0.422 e. The number of halogens is 3. The summed E-state index contributed by atoms with van der Waals surface area (Å²) < 4.78 is 40.1. The van der Waals surface area contributed by atoms with Crippen LogP contribution in [0.5, 0.6) is 0 Å². The van der Waals surface area contributed by atoms with Gasteiger partial charge in [-0.25, -0.2) is 5.84 Å². The number of nitrogens with zero attached hydrogens (tertiary/aromatic N) is 3. The van der Waals surface area contributed by atoms with Crippen molar-refractivity contribution in [1.29, 1.82) is 0 Å². The Morgan fingerprint density at radius 3 is 2.69 bits per heavy atom. The van der Waals surface area contributed by atoms with Crippen LogP contribution in [0.15, 0.2) is 17.0 Å². The van der Waals surface area contributed by atoms with Gasteiger partial charge >= 0.3 is 6.18 Å². The van der Waals surface area contributed by atoms with Crippen LogP contribution >= 0.6 is 0 Å². The molecule has 0 aliphatic carbocycles. The van der Waals surface area contributed by atoms with Crippen molar-refractivity contribution in [3.63, 3.8) is 0 Å². The SMILES string of the molecule is CN(C)C1=CC(OCC(F)(F)F)=NN(N)N1. The number of rotatable bonds is 2. The molecule has 92 valence electrons. The Bertz CT molecular complexity index is 312. The average Bonchev–Trinajstić information content (AvgIpc) is 2.13. The molecule has 1 aliphatic rings. The molecule has 1 rings (SSSR count). The van der Waals surface area contributed by atoms with Gasteiger partial charge in [-0.3, -0.25) is 5.43 Å². The summed E-state index contributed by atoms with van der Waals surface area (Å²) in [5.74, 6) is 5.56. The lowest BCUT2D eigenvalue weighted by Gasteiger charge is -2.26. The van der Waals surface area contributed by atoms with E-state index in [0.717, 1.165) is 5.23 Å². The van der Waals surface area contributed by atoms with E-state index < -0.39 is 12.8 Å². The molecule has 3 N–H and O–H groups in total. The zero-order valence-corrected chi connectivity index (χ0v) is 8.75. The van der Waals surface area contributed by atoms with Crippen molar-refractivity contribution >= 4 is 5.90 Å². The maximum atomic E-state index is 11.9. The number of hydrogen-bond donors (Lipinski definition) is 2. The molecule has 0 unspecified atom stereocenters. The van der Waals surface area contributed by atoms with Crippen LogP contribution in [0.25, 0.3) is 0 Å². The first kappa shape index (κ1) is 12.4. The molecule has 0 saturated carbocycles. The monoisotopic (exact) mass is 239 g/mol. The molecule has 0 aromatic rings. The van der Waals surface area contributed by atoms with Crippen molar-refractivity contribution in [3.05, 3.63) is 11.9 Å². The summed E-state index contributed by atoms with van der Waals surface area (Å²) in [6, 6.07) is 0. The highest BCUT2D eigenvalue weighted by Gasteiger charge is 2.29. The number of hydrogen-bond acceptors (Lipinski definition) is 6. The van der Waals surface area contributed by atoms with Crippen LogP contribution in [0.1, 0.15) is 0 Å². The highest BCUT2D eigenvalue weighted by Crippen LogP contribution is 2.15. The molecule has 0 aromatic heterocycles. The van der Waals surface area contributed by atoms with Gasteiger partial charge in [-0.1, -0.05) is 0 Å². The minimum Gasteiger partial charge on any atom is -0.467 e. The van der Waals surface area contributed by atoms with Gasteiger partial charge in [-0.05, 0) is 0 Å². The van der Waals surface area contributed by atoms with Crippen molar-refractivity contribution in [3.8, 4) is 0 Å². The molecule has 0 radical (unpaired) electrons. The van der Waals surface area contributed by atoms with Crippen LogP contribution in [0, 0.1) is 0 Å². The Hall–Kier alpha value is -1.64. The first-order chi connectivity index (χ1) is 7.28. The normalized spacial score (nSPS) is 16.2.